The van der Waals surface area contributed by atoms with Crippen molar-refractivity contribution in [1.29, 1.82) is 5.41 Å². The summed E-state index contributed by atoms with van der Waals surface area (Å²) in [5.74, 6) is 0.817. The number of aromatic nitrogens is 2. The molecule has 1 aromatic carbocycles. The van der Waals surface area contributed by atoms with Crippen LogP contribution >= 0.6 is 0 Å². The maximum atomic E-state index is 8.38. The summed E-state index contributed by atoms with van der Waals surface area (Å²) in [6.45, 7) is 4.77. The first-order valence-corrected chi connectivity index (χ1v) is 11.4. The van der Waals surface area contributed by atoms with Gasteiger partial charge in [-0.25, -0.2) is 9.51 Å². The van der Waals surface area contributed by atoms with E-state index in [1.807, 2.05) is 59.3 Å². The largest absolute Gasteiger partial charge is 0.399 e. The van der Waals surface area contributed by atoms with Gasteiger partial charge >= 0.3 is 0 Å². The number of allylic oxidation sites excluding steroid dienone is 2. The molecule has 34 heavy (non-hydrogen) atoms. The highest BCUT2D eigenvalue weighted by Crippen LogP contribution is 2.33. The van der Waals surface area contributed by atoms with Crippen LogP contribution in [0.2, 0.25) is 0 Å². The summed E-state index contributed by atoms with van der Waals surface area (Å²) in [6, 6.07) is 13.3. The first kappa shape index (κ1) is 23.1. The van der Waals surface area contributed by atoms with Crippen molar-refractivity contribution in [3.63, 3.8) is 0 Å². The number of fused-ring (bicyclic) bond motifs is 1. The zero-order valence-electron chi connectivity index (χ0n) is 19.8. The van der Waals surface area contributed by atoms with E-state index in [2.05, 4.69) is 31.2 Å². The lowest BCUT2D eigenvalue weighted by Crippen LogP contribution is -3.06. The van der Waals surface area contributed by atoms with E-state index in [1.165, 1.54) is 4.90 Å². The molecular weight excluding hydrogens is 426 g/mol. The van der Waals surface area contributed by atoms with E-state index in [4.69, 9.17) is 27.0 Å². The second-order valence-electron chi connectivity index (χ2n) is 8.55. The summed E-state index contributed by atoms with van der Waals surface area (Å²) in [6.07, 6.45) is 5.36. The molecule has 7 N–H and O–H groups in total. The molecular formula is C25H32N9+. The Morgan fingerprint density at radius 2 is 1.88 bits per heavy atom. The maximum Gasteiger partial charge on any atom is 0.177 e. The van der Waals surface area contributed by atoms with Crippen LogP contribution in [-0.2, 0) is 0 Å². The lowest BCUT2D eigenvalue weighted by Gasteiger charge is -2.22. The fourth-order valence-electron chi connectivity index (χ4n) is 3.71. The molecule has 9 heteroatoms. The standard InChI is InChI=1S/C25H31N9/c1-4-33(14-13-32(2)3)25-24(23-7-5-6-12-34(23)31-25)30-22-16-21(19(27)15-20(22)28)29-18-10-8-17(26)9-11-18/h5-12,15-16,27,29H,4,13-14,26,28H2,1-3H3/p+1. The van der Waals surface area contributed by atoms with Crippen molar-refractivity contribution >= 4 is 39.8 Å². The Hall–Kier alpha value is -4.11. The fraction of sp³-hybridized carbons (Fsp3) is 0.240. The first-order chi connectivity index (χ1) is 16.4. The number of aliphatic imine (C=N–C) groups is 1. The minimum atomic E-state index is 0.289. The molecule has 0 saturated heterocycles. The Bertz CT molecular complexity index is 1280. The van der Waals surface area contributed by atoms with Crippen LogP contribution in [-0.4, -0.2) is 54.8 Å². The predicted octanol–water partition coefficient (Wildman–Crippen LogP) is 1.83. The van der Waals surface area contributed by atoms with Gasteiger partial charge in [0.05, 0.1) is 55.5 Å². The van der Waals surface area contributed by atoms with Gasteiger partial charge in [0.25, 0.3) is 0 Å². The number of rotatable bonds is 8. The average molecular weight is 459 g/mol. The van der Waals surface area contributed by atoms with Crippen LogP contribution in [0, 0.1) is 5.41 Å². The maximum absolute atomic E-state index is 8.38. The summed E-state index contributed by atoms with van der Waals surface area (Å²) < 4.78 is 1.85. The number of nitrogens with zero attached hydrogens (tertiary/aromatic N) is 4. The lowest BCUT2D eigenvalue weighted by molar-refractivity contribution is -0.856. The molecule has 0 atom stereocenters. The number of hydrogen-bond donors (Lipinski definition) is 5. The molecule has 0 spiro atoms. The van der Waals surface area contributed by atoms with Gasteiger partial charge in [0.2, 0.25) is 0 Å². The SMILES string of the molecule is CCN(CC[NH+](C)C)c1nn2ccccc2c1N=C1C=C(Nc2ccc(N)cc2)C(=N)C=C1N. The molecule has 0 unspecified atom stereocenters. The molecule has 2 heterocycles. The van der Waals surface area contributed by atoms with Crippen LogP contribution in [0.3, 0.4) is 0 Å². The number of pyridine rings is 1. The summed E-state index contributed by atoms with van der Waals surface area (Å²) in [5, 5.41) is 16.5. The van der Waals surface area contributed by atoms with E-state index in [-0.39, 0.29) is 5.71 Å². The second-order valence-corrected chi connectivity index (χ2v) is 8.55. The third kappa shape index (κ3) is 4.94. The van der Waals surface area contributed by atoms with Gasteiger partial charge in [-0.3, -0.25) is 5.41 Å². The number of hydrogen-bond acceptors (Lipinski definition) is 7. The summed E-state index contributed by atoms with van der Waals surface area (Å²) >= 11 is 0. The molecule has 2 aromatic heterocycles. The van der Waals surface area contributed by atoms with Crippen LogP contribution in [0.15, 0.2) is 77.2 Å². The summed E-state index contributed by atoms with van der Waals surface area (Å²) in [5.41, 5.74) is 17.2. The molecule has 176 valence electrons. The van der Waals surface area contributed by atoms with Crippen molar-refractivity contribution in [2.45, 2.75) is 6.92 Å². The van der Waals surface area contributed by atoms with E-state index in [1.54, 1.807) is 6.08 Å². The zero-order chi connectivity index (χ0) is 24.2. The van der Waals surface area contributed by atoms with Gasteiger partial charge in [-0.2, -0.15) is 0 Å². The molecule has 1 aliphatic rings. The third-order valence-corrected chi connectivity index (χ3v) is 5.65. The van der Waals surface area contributed by atoms with E-state index >= 15 is 0 Å². The molecule has 0 aliphatic heterocycles. The molecule has 0 saturated carbocycles. The van der Waals surface area contributed by atoms with Crippen LogP contribution in [0.25, 0.3) is 5.52 Å². The Balaban J connectivity index is 1.76. The van der Waals surface area contributed by atoms with Crippen LogP contribution in [0.1, 0.15) is 6.92 Å². The van der Waals surface area contributed by atoms with Crippen molar-refractivity contribution in [2.24, 2.45) is 10.7 Å². The van der Waals surface area contributed by atoms with E-state index in [9.17, 15) is 0 Å². The van der Waals surface area contributed by atoms with E-state index < -0.39 is 0 Å². The van der Waals surface area contributed by atoms with Crippen molar-refractivity contribution < 1.29 is 4.90 Å². The van der Waals surface area contributed by atoms with E-state index in [0.717, 1.165) is 42.3 Å². The molecule has 3 aromatic rings. The second kappa shape index (κ2) is 9.80. The van der Waals surface area contributed by atoms with Gasteiger partial charge in [-0.15, -0.1) is 5.10 Å². The van der Waals surface area contributed by atoms with Gasteiger partial charge in [-0.1, -0.05) is 6.07 Å². The number of nitrogens with two attached hydrogens (primary N) is 2. The van der Waals surface area contributed by atoms with Crippen molar-refractivity contribution in [1.82, 2.24) is 9.61 Å². The lowest BCUT2D eigenvalue weighted by atomic mass is 10.0. The Morgan fingerprint density at radius 1 is 1.12 bits per heavy atom. The zero-order valence-corrected chi connectivity index (χ0v) is 19.8. The van der Waals surface area contributed by atoms with Gasteiger partial charge in [0.1, 0.15) is 5.69 Å². The molecule has 0 bridgehead atoms. The molecule has 1 aliphatic carbocycles. The topological polar surface area (TPSA) is 125 Å². The molecule has 9 nitrogen and oxygen atoms in total. The highest BCUT2D eigenvalue weighted by molar-refractivity contribution is 6.24. The van der Waals surface area contributed by atoms with Crippen molar-refractivity contribution in [3.8, 4) is 0 Å². The van der Waals surface area contributed by atoms with Crippen LogP contribution in [0.4, 0.5) is 22.9 Å². The minimum absolute atomic E-state index is 0.289. The Morgan fingerprint density at radius 3 is 2.59 bits per heavy atom. The number of likely N-dealkylation sites (N-methyl/N-ethyl adjacent to an activating group) is 2. The Labute approximate surface area is 199 Å². The van der Waals surface area contributed by atoms with Crippen LogP contribution < -0.4 is 26.6 Å². The van der Waals surface area contributed by atoms with E-state index in [0.29, 0.717) is 22.8 Å². The Kier molecular flexibility index (Phi) is 6.65. The highest BCUT2D eigenvalue weighted by Gasteiger charge is 2.21. The summed E-state index contributed by atoms with van der Waals surface area (Å²) in [7, 11) is 4.28. The fourth-order valence-corrected chi connectivity index (χ4v) is 3.71. The quantitative estimate of drug-likeness (QED) is 0.260. The molecule has 4 rings (SSSR count). The number of anilines is 3. The van der Waals surface area contributed by atoms with Crippen molar-refractivity contribution in [3.05, 3.63) is 72.2 Å². The number of quaternary nitrogens is 1. The normalized spacial score (nSPS) is 15.1. The van der Waals surface area contributed by atoms with Crippen molar-refractivity contribution in [2.75, 3.05) is 49.7 Å². The van der Waals surface area contributed by atoms with Gasteiger partial charge in [0.15, 0.2) is 5.82 Å². The van der Waals surface area contributed by atoms with Gasteiger partial charge < -0.3 is 26.6 Å². The molecule has 0 radical (unpaired) electrons. The highest BCUT2D eigenvalue weighted by atomic mass is 15.3. The summed E-state index contributed by atoms with van der Waals surface area (Å²) in [4.78, 5) is 8.59. The number of benzene rings is 1. The predicted molar refractivity (Wildman–Crippen MR) is 140 cm³/mol. The molecule has 0 fully saturated rings. The van der Waals surface area contributed by atoms with Gasteiger partial charge in [-0.05, 0) is 55.5 Å². The number of nitrogen functional groups attached to an aromatic ring is 1. The smallest absolute Gasteiger partial charge is 0.177 e. The third-order valence-electron chi connectivity index (χ3n) is 5.65. The van der Waals surface area contributed by atoms with Crippen LogP contribution in [0.5, 0.6) is 0 Å². The average Bonchev–Trinajstić information content (AvgIpc) is 3.17. The monoisotopic (exact) mass is 458 g/mol. The number of nitrogens with one attached hydrogen (secondary N) is 3. The minimum Gasteiger partial charge on any atom is -0.399 e. The molecule has 0 amide bonds. The first-order valence-electron chi connectivity index (χ1n) is 11.4. The van der Waals surface area contributed by atoms with Gasteiger partial charge in [0, 0.05) is 24.1 Å².